The Morgan fingerprint density at radius 3 is 2.38 bits per heavy atom. The largest absolute Gasteiger partial charge is 0.383 e. The average Bonchev–Trinajstić information content (AvgIpc) is 2.48. The molecule has 0 heterocycles. The molecule has 0 saturated heterocycles. The van der Waals surface area contributed by atoms with Crippen LogP contribution in [0.2, 0.25) is 0 Å². The third kappa shape index (κ3) is 4.58. The van der Waals surface area contributed by atoms with Crippen LogP contribution in [0.1, 0.15) is 19.4 Å². The lowest BCUT2D eigenvalue weighted by Gasteiger charge is -2.22. The van der Waals surface area contributed by atoms with Gasteiger partial charge in [-0.1, -0.05) is 0 Å². The van der Waals surface area contributed by atoms with E-state index < -0.39 is 11.3 Å². The molecule has 2 amide bonds. The summed E-state index contributed by atoms with van der Waals surface area (Å²) < 4.78 is 4.84. The molecule has 0 radical (unpaired) electrons. The van der Waals surface area contributed by atoms with Crippen molar-refractivity contribution in [3.05, 3.63) is 29.8 Å². The molecule has 0 aromatic heterocycles. The fraction of sp³-hybridized carbons (Fsp3) is 0.400. The van der Waals surface area contributed by atoms with Gasteiger partial charge >= 0.3 is 0 Å². The fourth-order valence-electron chi connectivity index (χ4n) is 1.51. The van der Waals surface area contributed by atoms with Crippen molar-refractivity contribution in [2.45, 2.75) is 13.8 Å². The van der Waals surface area contributed by atoms with Crippen LogP contribution in [-0.2, 0) is 14.3 Å². The van der Waals surface area contributed by atoms with Crippen LogP contribution >= 0.6 is 0 Å². The average molecular weight is 289 g/mol. The predicted octanol–water partition coefficient (Wildman–Crippen LogP) is 1.29. The van der Waals surface area contributed by atoms with E-state index in [1.165, 1.54) is 7.11 Å². The minimum Gasteiger partial charge on any atom is -0.383 e. The maximum atomic E-state index is 12.2. The summed E-state index contributed by atoms with van der Waals surface area (Å²) in [5.74, 6) is -0.784. The second-order valence-corrected chi connectivity index (χ2v) is 5.02. The van der Waals surface area contributed by atoms with E-state index in [1.807, 2.05) is 6.07 Å². The number of carbonyl (C=O) groups is 2. The van der Waals surface area contributed by atoms with Gasteiger partial charge in [0.2, 0.25) is 11.8 Å². The Balaban J connectivity index is 2.67. The summed E-state index contributed by atoms with van der Waals surface area (Å²) in [5, 5.41) is 14.0. The molecule has 1 aromatic rings. The van der Waals surface area contributed by atoms with Crippen LogP contribution in [0.4, 0.5) is 5.69 Å². The van der Waals surface area contributed by atoms with E-state index in [2.05, 4.69) is 10.6 Å². The molecule has 0 bridgehead atoms. The fourth-order valence-corrected chi connectivity index (χ4v) is 1.51. The zero-order valence-electron chi connectivity index (χ0n) is 12.4. The first-order valence-corrected chi connectivity index (χ1v) is 6.50. The van der Waals surface area contributed by atoms with Gasteiger partial charge in [-0.3, -0.25) is 9.59 Å². The molecule has 0 unspecified atom stereocenters. The van der Waals surface area contributed by atoms with Gasteiger partial charge in [-0.15, -0.1) is 0 Å². The summed E-state index contributed by atoms with van der Waals surface area (Å²) in [4.78, 5) is 24.2. The summed E-state index contributed by atoms with van der Waals surface area (Å²) in [5.41, 5.74) is -0.164. The highest BCUT2D eigenvalue weighted by Crippen LogP contribution is 2.19. The maximum absolute atomic E-state index is 12.2. The van der Waals surface area contributed by atoms with E-state index in [1.54, 1.807) is 38.1 Å². The topological polar surface area (TPSA) is 91.2 Å². The summed E-state index contributed by atoms with van der Waals surface area (Å²) in [6.07, 6.45) is 0. The summed E-state index contributed by atoms with van der Waals surface area (Å²) >= 11 is 0. The molecule has 1 aromatic carbocycles. The number of carbonyl (C=O) groups excluding carboxylic acids is 2. The van der Waals surface area contributed by atoms with E-state index in [9.17, 15) is 9.59 Å². The first kappa shape index (κ1) is 16.7. The van der Waals surface area contributed by atoms with E-state index in [4.69, 9.17) is 10.00 Å². The molecular weight excluding hydrogens is 270 g/mol. The number of hydrogen-bond donors (Lipinski definition) is 2. The van der Waals surface area contributed by atoms with Gasteiger partial charge in [0.15, 0.2) is 0 Å². The van der Waals surface area contributed by atoms with Crippen LogP contribution in [0.5, 0.6) is 0 Å². The van der Waals surface area contributed by atoms with Gasteiger partial charge in [-0.2, -0.15) is 5.26 Å². The second kappa shape index (κ2) is 7.41. The number of amides is 2. The molecule has 0 fully saturated rings. The third-order valence-electron chi connectivity index (χ3n) is 3.00. The van der Waals surface area contributed by atoms with E-state index in [0.717, 1.165) is 0 Å². The molecule has 6 nitrogen and oxygen atoms in total. The Bertz CT molecular complexity index is 544. The van der Waals surface area contributed by atoms with Gasteiger partial charge < -0.3 is 15.4 Å². The monoisotopic (exact) mass is 289 g/mol. The lowest BCUT2D eigenvalue weighted by atomic mass is 9.91. The van der Waals surface area contributed by atoms with Crippen molar-refractivity contribution < 1.29 is 14.3 Å². The van der Waals surface area contributed by atoms with Gasteiger partial charge in [0, 0.05) is 19.3 Å². The molecule has 0 aliphatic rings. The molecule has 112 valence electrons. The second-order valence-electron chi connectivity index (χ2n) is 5.02. The SMILES string of the molecule is COCCNC(=O)C(C)(C)C(=O)Nc1ccc(C#N)cc1. The van der Waals surface area contributed by atoms with Crippen LogP contribution in [0.3, 0.4) is 0 Å². The number of anilines is 1. The van der Waals surface area contributed by atoms with Crippen molar-refractivity contribution in [3.63, 3.8) is 0 Å². The number of benzene rings is 1. The minimum atomic E-state index is -1.21. The van der Waals surface area contributed by atoms with E-state index in [-0.39, 0.29) is 5.91 Å². The van der Waals surface area contributed by atoms with E-state index >= 15 is 0 Å². The smallest absolute Gasteiger partial charge is 0.239 e. The summed E-state index contributed by atoms with van der Waals surface area (Å²) in [6, 6.07) is 8.43. The number of hydrogen-bond acceptors (Lipinski definition) is 4. The standard InChI is InChI=1S/C15H19N3O3/c1-15(2,13(19)17-8-9-21-3)14(20)18-12-6-4-11(10-16)5-7-12/h4-7H,8-9H2,1-3H3,(H,17,19)(H,18,20). The van der Waals surface area contributed by atoms with Crippen LogP contribution < -0.4 is 10.6 Å². The third-order valence-corrected chi connectivity index (χ3v) is 3.00. The predicted molar refractivity (Wildman–Crippen MR) is 78.5 cm³/mol. The van der Waals surface area contributed by atoms with Crippen molar-refractivity contribution in [1.29, 1.82) is 5.26 Å². The molecule has 2 N–H and O–H groups in total. The van der Waals surface area contributed by atoms with Gasteiger partial charge in [-0.25, -0.2) is 0 Å². The van der Waals surface area contributed by atoms with Crippen LogP contribution in [-0.4, -0.2) is 32.1 Å². The normalized spacial score (nSPS) is 10.6. The zero-order valence-corrected chi connectivity index (χ0v) is 12.4. The Kier molecular flexibility index (Phi) is 5.88. The molecular formula is C15H19N3O3. The van der Waals surface area contributed by atoms with Gasteiger partial charge in [0.25, 0.3) is 0 Å². The molecule has 6 heteroatoms. The van der Waals surface area contributed by atoms with Crippen LogP contribution in [0.15, 0.2) is 24.3 Å². The quantitative estimate of drug-likeness (QED) is 0.609. The number of nitrogens with one attached hydrogen (secondary N) is 2. The Labute approximate surface area is 124 Å². The lowest BCUT2D eigenvalue weighted by Crippen LogP contribution is -2.45. The number of methoxy groups -OCH3 is 1. The number of rotatable bonds is 6. The Hall–Kier alpha value is -2.39. The van der Waals surface area contributed by atoms with Gasteiger partial charge in [0.05, 0.1) is 18.2 Å². The van der Waals surface area contributed by atoms with Crippen molar-refractivity contribution >= 4 is 17.5 Å². The number of nitriles is 1. The van der Waals surface area contributed by atoms with Gasteiger partial charge in [-0.05, 0) is 38.1 Å². The van der Waals surface area contributed by atoms with E-state index in [0.29, 0.717) is 24.4 Å². The molecule has 0 spiro atoms. The Morgan fingerprint density at radius 1 is 1.24 bits per heavy atom. The van der Waals surface area contributed by atoms with Crippen molar-refractivity contribution in [2.24, 2.45) is 5.41 Å². The molecule has 0 aliphatic carbocycles. The van der Waals surface area contributed by atoms with Crippen LogP contribution in [0, 0.1) is 16.7 Å². The molecule has 21 heavy (non-hydrogen) atoms. The van der Waals surface area contributed by atoms with Gasteiger partial charge in [0.1, 0.15) is 5.41 Å². The van der Waals surface area contributed by atoms with Crippen LogP contribution in [0.25, 0.3) is 0 Å². The molecule has 0 aliphatic heterocycles. The zero-order chi connectivity index (χ0) is 15.9. The highest BCUT2D eigenvalue weighted by Gasteiger charge is 2.35. The highest BCUT2D eigenvalue weighted by atomic mass is 16.5. The van der Waals surface area contributed by atoms with Crippen molar-refractivity contribution in [1.82, 2.24) is 5.32 Å². The van der Waals surface area contributed by atoms with Crippen molar-refractivity contribution in [3.8, 4) is 6.07 Å². The summed E-state index contributed by atoms with van der Waals surface area (Å²) in [7, 11) is 1.54. The maximum Gasteiger partial charge on any atom is 0.239 e. The molecule has 1 rings (SSSR count). The lowest BCUT2D eigenvalue weighted by molar-refractivity contribution is -0.138. The number of ether oxygens (including phenoxy) is 1. The first-order chi connectivity index (χ1) is 9.91. The minimum absolute atomic E-state index is 0.350. The van der Waals surface area contributed by atoms with Crippen molar-refractivity contribution in [2.75, 3.05) is 25.6 Å². The summed E-state index contributed by atoms with van der Waals surface area (Å²) in [6.45, 7) is 3.84. The highest BCUT2D eigenvalue weighted by molar-refractivity contribution is 6.09. The number of nitrogens with zero attached hydrogens (tertiary/aromatic N) is 1. The first-order valence-electron chi connectivity index (χ1n) is 6.50. The Morgan fingerprint density at radius 2 is 1.86 bits per heavy atom. The molecule has 0 atom stereocenters. The molecule has 0 saturated carbocycles.